The summed E-state index contributed by atoms with van der Waals surface area (Å²) in [4.78, 5) is 24.9. The van der Waals surface area contributed by atoms with Gasteiger partial charge < -0.3 is 16.0 Å². The van der Waals surface area contributed by atoms with Gasteiger partial charge in [0, 0.05) is 23.2 Å². The van der Waals surface area contributed by atoms with Crippen LogP contribution >= 0.6 is 0 Å². The maximum Gasteiger partial charge on any atom is 0.251 e. The lowest BCUT2D eigenvalue weighted by molar-refractivity contribution is -0.118. The fraction of sp³-hybridized carbons (Fsp3) is 0.619. The van der Waals surface area contributed by atoms with Crippen molar-refractivity contribution in [3.05, 3.63) is 29.8 Å². The third kappa shape index (κ3) is 3.78. The zero-order valence-electron chi connectivity index (χ0n) is 15.4. The van der Waals surface area contributed by atoms with Gasteiger partial charge in [0.1, 0.15) is 0 Å². The molecule has 5 nitrogen and oxygen atoms in total. The molecular weight excluding hydrogens is 326 g/mol. The minimum atomic E-state index is -0.00868. The average molecular weight is 355 g/mol. The Morgan fingerprint density at radius 2 is 1.69 bits per heavy atom. The Balaban J connectivity index is 1.30. The van der Waals surface area contributed by atoms with E-state index in [2.05, 4.69) is 16.0 Å². The molecule has 2 amide bonds. The molecule has 5 heteroatoms. The minimum absolute atomic E-state index is 0.00868. The van der Waals surface area contributed by atoms with Gasteiger partial charge in [-0.2, -0.15) is 0 Å². The van der Waals surface area contributed by atoms with Gasteiger partial charge in [-0.1, -0.05) is 19.3 Å². The Kier molecular flexibility index (Phi) is 4.98. The first-order valence-corrected chi connectivity index (χ1v) is 10.1. The second-order valence-corrected chi connectivity index (χ2v) is 8.24. The number of hydrogen-bond acceptors (Lipinski definition) is 3. The van der Waals surface area contributed by atoms with E-state index in [0.717, 1.165) is 50.9 Å². The highest BCUT2D eigenvalue weighted by atomic mass is 16.2. The fourth-order valence-electron chi connectivity index (χ4n) is 4.65. The predicted molar refractivity (Wildman–Crippen MR) is 102 cm³/mol. The number of amides is 2. The van der Waals surface area contributed by atoms with Gasteiger partial charge in [-0.05, 0) is 74.9 Å². The highest BCUT2D eigenvalue weighted by Gasteiger charge is 2.57. The van der Waals surface area contributed by atoms with Gasteiger partial charge in [0.15, 0.2) is 0 Å². The monoisotopic (exact) mass is 355 g/mol. The van der Waals surface area contributed by atoms with E-state index in [-0.39, 0.29) is 23.1 Å². The van der Waals surface area contributed by atoms with E-state index < -0.39 is 0 Å². The van der Waals surface area contributed by atoms with Crippen molar-refractivity contribution in [2.75, 3.05) is 18.4 Å². The molecule has 1 saturated heterocycles. The van der Waals surface area contributed by atoms with Gasteiger partial charge in [0.05, 0.1) is 0 Å². The number of piperidine rings is 1. The molecule has 1 aromatic rings. The van der Waals surface area contributed by atoms with Crippen LogP contribution < -0.4 is 16.0 Å². The van der Waals surface area contributed by atoms with Crippen LogP contribution in [0, 0.1) is 11.3 Å². The zero-order chi connectivity index (χ0) is 18.0. The van der Waals surface area contributed by atoms with Crippen LogP contribution in [0.15, 0.2) is 24.3 Å². The Labute approximate surface area is 155 Å². The van der Waals surface area contributed by atoms with E-state index in [9.17, 15) is 9.59 Å². The van der Waals surface area contributed by atoms with Crippen LogP contribution in [0.5, 0.6) is 0 Å². The van der Waals surface area contributed by atoms with E-state index in [1.54, 1.807) is 12.1 Å². The maximum atomic E-state index is 12.5. The van der Waals surface area contributed by atoms with Gasteiger partial charge in [-0.3, -0.25) is 9.59 Å². The van der Waals surface area contributed by atoms with Crippen LogP contribution in [0.2, 0.25) is 0 Å². The molecule has 1 unspecified atom stereocenters. The van der Waals surface area contributed by atoms with Crippen molar-refractivity contribution in [2.45, 2.75) is 57.4 Å². The molecule has 2 saturated carbocycles. The smallest absolute Gasteiger partial charge is 0.251 e. The molecule has 3 fully saturated rings. The first kappa shape index (κ1) is 17.5. The van der Waals surface area contributed by atoms with Crippen molar-refractivity contribution >= 4 is 17.5 Å². The number of nitrogens with one attached hydrogen (secondary N) is 3. The van der Waals surface area contributed by atoms with E-state index in [4.69, 9.17) is 0 Å². The third-order valence-corrected chi connectivity index (χ3v) is 6.46. The Morgan fingerprint density at radius 3 is 2.38 bits per heavy atom. The summed E-state index contributed by atoms with van der Waals surface area (Å²) in [6.45, 7) is 2.04. The SMILES string of the molecule is O=C(NC1CCCCC1)c1ccc(NC(=O)C2CC23CCNCC3)cc1. The van der Waals surface area contributed by atoms with Crippen LogP contribution in [0.4, 0.5) is 5.69 Å². The number of carbonyl (C=O) groups excluding carboxylic acids is 2. The number of anilines is 1. The summed E-state index contributed by atoms with van der Waals surface area (Å²) in [5, 5.41) is 9.53. The van der Waals surface area contributed by atoms with E-state index in [0.29, 0.717) is 11.6 Å². The van der Waals surface area contributed by atoms with Crippen LogP contribution in [0.25, 0.3) is 0 Å². The van der Waals surface area contributed by atoms with Crippen LogP contribution in [0.1, 0.15) is 61.7 Å². The highest BCUT2D eigenvalue weighted by Crippen LogP contribution is 2.58. The number of hydrogen-bond donors (Lipinski definition) is 3. The molecule has 140 valence electrons. The lowest BCUT2D eigenvalue weighted by Crippen LogP contribution is -2.36. The lowest BCUT2D eigenvalue weighted by atomic mass is 9.92. The molecule has 1 spiro atoms. The highest BCUT2D eigenvalue weighted by molar-refractivity contribution is 5.97. The summed E-state index contributed by atoms with van der Waals surface area (Å²) in [5.74, 6) is 0.274. The molecule has 2 aliphatic carbocycles. The Hall–Kier alpha value is -1.88. The molecule has 1 aliphatic heterocycles. The Bertz CT molecular complexity index is 658. The van der Waals surface area contributed by atoms with Crippen LogP contribution in [0.3, 0.4) is 0 Å². The Morgan fingerprint density at radius 1 is 1.00 bits per heavy atom. The van der Waals surface area contributed by atoms with E-state index >= 15 is 0 Å². The van der Waals surface area contributed by atoms with Gasteiger partial charge in [-0.15, -0.1) is 0 Å². The molecular formula is C21H29N3O2. The van der Waals surface area contributed by atoms with Gasteiger partial charge in [0.2, 0.25) is 5.91 Å². The van der Waals surface area contributed by atoms with Crippen molar-refractivity contribution in [3.8, 4) is 0 Å². The molecule has 0 aromatic heterocycles. The van der Waals surface area contributed by atoms with Crippen molar-refractivity contribution in [2.24, 2.45) is 11.3 Å². The largest absolute Gasteiger partial charge is 0.349 e. The lowest BCUT2D eigenvalue weighted by Gasteiger charge is -2.23. The molecule has 1 aromatic carbocycles. The molecule has 26 heavy (non-hydrogen) atoms. The molecule has 4 rings (SSSR count). The topological polar surface area (TPSA) is 70.2 Å². The van der Waals surface area contributed by atoms with Crippen molar-refractivity contribution in [1.29, 1.82) is 0 Å². The fourth-order valence-corrected chi connectivity index (χ4v) is 4.65. The van der Waals surface area contributed by atoms with Crippen molar-refractivity contribution < 1.29 is 9.59 Å². The number of rotatable bonds is 4. The van der Waals surface area contributed by atoms with Crippen molar-refractivity contribution in [1.82, 2.24) is 10.6 Å². The molecule has 0 radical (unpaired) electrons. The van der Waals surface area contributed by atoms with E-state index in [1.807, 2.05) is 12.1 Å². The third-order valence-electron chi connectivity index (χ3n) is 6.46. The van der Waals surface area contributed by atoms with Crippen LogP contribution in [-0.2, 0) is 4.79 Å². The maximum absolute atomic E-state index is 12.5. The average Bonchev–Trinajstić information content (AvgIpc) is 3.36. The summed E-state index contributed by atoms with van der Waals surface area (Å²) < 4.78 is 0. The second-order valence-electron chi connectivity index (χ2n) is 8.24. The van der Waals surface area contributed by atoms with Crippen molar-refractivity contribution in [3.63, 3.8) is 0 Å². The first-order valence-electron chi connectivity index (χ1n) is 10.1. The quantitative estimate of drug-likeness (QED) is 0.777. The van der Waals surface area contributed by atoms with Gasteiger partial charge in [0.25, 0.3) is 5.91 Å². The van der Waals surface area contributed by atoms with Crippen LogP contribution in [-0.4, -0.2) is 30.9 Å². The molecule has 1 heterocycles. The molecule has 3 N–H and O–H groups in total. The number of carbonyl (C=O) groups is 2. The summed E-state index contributed by atoms with van der Waals surface area (Å²) in [6, 6.07) is 7.60. The summed E-state index contributed by atoms with van der Waals surface area (Å²) in [5.41, 5.74) is 1.69. The standard InChI is InChI=1S/C21H29N3O2/c25-19(23-16-4-2-1-3-5-16)15-6-8-17(9-7-15)24-20(26)18-14-21(18)10-12-22-13-11-21/h6-9,16,18,22H,1-5,10-14H2,(H,23,25)(H,24,26). The summed E-state index contributed by atoms with van der Waals surface area (Å²) in [6.07, 6.45) is 9.07. The normalized spacial score (nSPS) is 24.8. The first-order chi connectivity index (χ1) is 12.7. The molecule has 3 aliphatic rings. The van der Waals surface area contributed by atoms with E-state index in [1.165, 1.54) is 19.3 Å². The molecule has 0 bridgehead atoms. The predicted octanol–water partition coefficient (Wildman–Crippen LogP) is 3.08. The molecule has 1 atom stereocenters. The zero-order valence-corrected chi connectivity index (χ0v) is 15.4. The van der Waals surface area contributed by atoms with Gasteiger partial charge in [-0.25, -0.2) is 0 Å². The minimum Gasteiger partial charge on any atom is -0.349 e. The van der Waals surface area contributed by atoms with Gasteiger partial charge >= 0.3 is 0 Å². The summed E-state index contributed by atoms with van der Waals surface area (Å²) in [7, 11) is 0. The number of benzene rings is 1. The summed E-state index contributed by atoms with van der Waals surface area (Å²) >= 11 is 0. The second kappa shape index (κ2) is 7.39.